The molecule has 0 atom stereocenters. The second-order valence-corrected chi connectivity index (χ2v) is 14.5. The molecule has 0 aliphatic heterocycles. The van der Waals surface area contributed by atoms with Crippen LogP contribution in [0.1, 0.15) is 0 Å². The fourth-order valence-electron chi connectivity index (χ4n) is 8.55. The third kappa shape index (κ3) is 5.34. The van der Waals surface area contributed by atoms with Gasteiger partial charge in [0.15, 0.2) is 0 Å². The minimum Gasteiger partial charge on any atom is -0.455 e. The number of hydrogen-bond acceptors (Lipinski definition) is 2. The van der Waals surface area contributed by atoms with Crippen LogP contribution in [-0.4, -0.2) is 0 Å². The standard InChI is InChI=1S/C54H35NO/c1-2-12-36(13-3-1)40-16-10-17-44(35-40)55(43-30-26-37(27-31-43)41-29-32-46-42(34-41)25-24-38-14-4-6-18-45(38)46)51-22-9-8-20-48(51)49-21-11-23-52-53(49)50-33-28-39-15-5-7-19-47(39)54(50)56-52/h1-35H. The zero-order valence-electron chi connectivity index (χ0n) is 30.6. The molecule has 0 amide bonds. The number of fused-ring (bicyclic) bond motifs is 8. The van der Waals surface area contributed by atoms with Crippen LogP contribution >= 0.6 is 0 Å². The van der Waals surface area contributed by atoms with Crippen LogP contribution in [0.2, 0.25) is 0 Å². The van der Waals surface area contributed by atoms with E-state index in [4.69, 9.17) is 4.42 Å². The van der Waals surface area contributed by atoms with E-state index < -0.39 is 0 Å². The van der Waals surface area contributed by atoms with Crippen molar-refractivity contribution in [2.75, 3.05) is 4.90 Å². The molecule has 2 heteroatoms. The summed E-state index contributed by atoms with van der Waals surface area (Å²) in [6, 6.07) is 76.5. The van der Waals surface area contributed by atoms with Crippen molar-refractivity contribution < 1.29 is 4.42 Å². The number of furan rings is 1. The largest absolute Gasteiger partial charge is 0.455 e. The van der Waals surface area contributed by atoms with Crippen molar-refractivity contribution >= 4 is 71.3 Å². The van der Waals surface area contributed by atoms with Crippen LogP contribution in [-0.2, 0) is 0 Å². The summed E-state index contributed by atoms with van der Waals surface area (Å²) in [5.74, 6) is 0. The van der Waals surface area contributed by atoms with Crippen LogP contribution in [0.3, 0.4) is 0 Å². The van der Waals surface area contributed by atoms with Crippen LogP contribution in [0.5, 0.6) is 0 Å². The van der Waals surface area contributed by atoms with Gasteiger partial charge in [-0.1, -0.05) is 164 Å². The Morgan fingerprint density at radius 2 is 0.911 bits per heavy atom. The summed E-state index contributed by atoms with van der Waals surface area (Å²) in [4.78, 5) is 2.40. The number of nitrogens with zero attached hydrogens (tertiary/aromatic N) is 1. The van der Waals surface area contributed by atoms with Crippen molar-refractivity contribution in [1.29, 1.82) is 0 Å². The van der Waals surface area contributed by atoms with E-state index in [2.05, 4.69) is 217 Å². The third-order valence-corrected chi connectivity index (χ3v) is 11.2. The fraction of sp³-hybridized carbons (Fsp3) is 0. The van der Waals surface area contributed by atoms with Crippen molar-refractivity contribution in [3.8, 4) is 33.4 Å². The number of benzene rings is 10. The van der Waals surface area contributed by atoms with Gasteiger partial charge < -0.3 is 9.32 Å². The minimum atomic E-state index is 0.883. The molecule has 11 aromatic rings. The Morgan fingerprint density at radius 3 is 1.79 bits per heavy atom. The molecule has 11 rings (SSSR count). The molecule has 0 N–H and O–H groups in total. The van der Waals surface area contributed by atoms with Gasteiger partial charge in [0.25, 0.3) is 0 Å². The summed E-state index contributed by atoms with van der Waals surface area (Å²) in [7, 11) is 0. The molecule has 10 aromatic carbocycles. The van der Waals surface area contributed by atoms with Gasteiger partial charge in [0.1, 0.15) is 11.2 Å². The Labute approximate surface area is 325 Å². The van der Waals surface area contributed by atoms with Crippen molar-refractivity contribution in [3.05, 3.63) is 212 Å². The molecule has 0 saturated carbocycles. The summed E-state index contributed by atoms with van der Waals surface area (Å²) in [5.41, 5.74) is 12.0. The monoisotopic (exact) mass is 713 g/mol. The molecule has 1 heterocycles. The summed E-state index contributed by atoms with van der Waals surface area (Å²) < 4.78 is 6.65. The molecule has 262 valence electrons. The molecule has 0 fully saturated rings. The van der Waals surface area contributed by atoms with Crippen LogP contribution in [0.15, 0.2) is 217 Å². The maximum Gasteiger partial charge on any atom is 0.143 e. The summed E-state index contributed by atoms with van der Waals surface area (Å²) in [6.45, 7) is 0. The first-order valence-corrected chi connectivity index (χ1v) is 19.2. The van der Waals surface area contributed by atoms with Crippen molar-refractivity contribution in [3.63, 3.8) is 0 Å². The van der Waals surface area contributed by atoms with Crippen LogP contribution in [0.25, 0.3) is 87.6 Å². The van der Waals surface area contributed by atoms with Crippen LogP contribution in [0, 0.1) is 0 Å². The first kappa shape index (κ1) is 32.0. The number of hydrogen-bond donors (Lipinski definition) is 0. The Kier molecular flexibility index (Phi) is 7.53. The van der Waals surface area contributed by atoms with Crippen molar-refractivity contribution in [2.45, 2.75) is 0 Å². The smallest absolute Gasteiger partial charge is 0.143 e. The molecule has 0 unspecified atom stereocenters. The zero-order chi connectivity index (χ0) is 37.0. The van der Waals surface area contributed by atoms with E-state index in [-0.39, 0.29) is 0 Å². The molecular weight excluding hydrogens is 679 g/mol. The molecule has 0 aliphatic carbocycles. The van der Waals surface area contributed by atoms with Gasteiger partial charge >= 0.3 is 0 Å². The van der Waals surface area contributed by atoms with E-state index >= 15 is 0 Å². The molecular formula is C54H35NO. The van der Waals surface area contributed by atoms with E-state index in [1.165, 1.54) is 49.2 Å². The Balaban J connectivity index is 1.08. The highest BCUT2D eigenvalue weighted by Crippen LogP contribution is 2.46. The highest BCUT2D eigenvalue weighted by molar-refractivity contribution is 6.20. The Hall–Kier alpha value is -7.42. The van der Waals surface area contributed by atoms with E-state index in [1.54, 1.807) is 0 Å². The lowest BCUT2D eigenvalue weighted by Crippen LogP contribution is -2.11. The molecule has 2 nitrogen and oxygen atoms in total. The fourth-order valence-corrected chi connectivity index (χ4v) is 8.55. The van der Waals surface area contributed by atoms with Gasteiger partial charge in [-0.15, -0.1) is 0 Å². The number of para-hydroxylation sites is 1. The summed E-state index contributed by atoms with van der Waals surface area (Å²) in [5, 5.41) is 9.61. The molecule has 0 saturated heterocycles. The van der Waals surface area contributed by atoms with Crippen molar-refractivity contribution in [1.82, 2.24) is 0 Å². The molecule has 0 radical (unpaired) electrons. The normalized spacial score (nSPS) is 11.6. The minimum absolute atomic E-state index is 0.883. The predicted octanol–water partition coefficient (Wildman–Crippen LogP) is 15.5. The maximum atomic E-state index is 6.65. The van der Waals surface area contributed by atoms with Crippen LogP contribution < -0.4 is 4.90 Å². The lowest BCUT2D eigenvalue weighted by molar-refractivity contribution is 0.673. The lowest BCUT2D eigenvalue weighted by Gasteiger charge is -2.28. The SMILES string of the molecule is c1ccc(-c2cccc(N(c3ccc(-c4ccc5c(ccc6ccccc65)c4)cc3)c3ccccc3-c3cccc4oc5c6ccccc6ccc5c34)c2)cc1. The van der Waals surface area contributed by atoms with Gasteiger partial charge in [-0.3, -0.25) is 0 Å². The summed E-state index contributed by atoms with van der Waals surface area (Å²) >= 11 is 0. The molecule has 0 spiro atoms. The Morgan fingerprint density at radius 1 is 0.321 bits per heavy atom. The van der Waals surface area contributed by atoms with Crippen LogP contribution in [0.4, 0.5) is 17.1 Å². The zero-order valence-corrected chi connectivity index (χ0v) is 30.6. The quantitative estimate of drug-likeness (QED) is 0.160. The average molecular weight is 714 g/mol. The van der Waals surface area contributed by atoms with E-state index in [1.807, 2.05) is 0 Å². The third-order valence-electron chi connectivity index (χ3n) is 11.2. The van der Waals surface area contributed by atoms with Gasteiger partial charge in [-0.05, 0) is 103 Å². The van der Waals surface area contributed by atoms with Gasteiger partial charge in [0.2, 0.25) is 0 Å². The highest BCUT2D eigenvalue weighted by Gasteiger charge is 2.21. The molecule has 0 bridgehead atoms. The molecule has 56 heavy (non-hydrogen) atoms. The first-order chi connectivity index (χ1) is 27.8. The van der Waals surface area contributed by atoms with E-state index in [0.29, 0.717) is 0 Å². The second-order valence-electron chi connectivity index (χ2n) is 14.5. The van der Waals surface area contributed by atoms with Gasteiger partial charge in [-0.2, -0.15) is 0 Å². The lowest BCUT2D eigenvalue weighted by atomic mass is 9.95. The Bertz CT molecular complexity index is 3250. The molecule has 0 aliphatic rings. The number of anilines is 3. The van der Waals surface area contributed by atoms with E-state index in [9.17, 15) is 0 Å². The predicted molar refractivity (Wildman–Crippen MR) is 237 cm³/mol. The second kappa shape index (κ2) is 13.2. The van der Waals surface area contributed by atoms with E-state index in [0.717, 1.165) is 55.5 Å². The maximum absolute atomic E-state index is 6.65. The topological polar surface area (TPSA) is 16.4 Å². The first-order valence-electron chi connectivity index (χ1n) is 19.2. The van der Waals surface area contributed by atoms with Gasteiger partial charge in [0, 0.05) is 33.1 Å². The average Bonchev–Trinajstić information content (AvgIpc) is 3.67. The summed E-state index contributed by atoms with van der Waals surface area (Å²) in [6.07, 6.45) is 0. The highest BCUT2D eigenvalue weighted by atomic mass is 16.3. The number of rotatable bonds is 6. The molecule has 1 aromatic heterocycles. The van der Waals surface area contributed by atoms with Crippen molar-refractivity contribution in [2.24, 2.45) is 0 Å². The van der Waals surface area contributed by atoms with Gasteiger partial charge in [0.05, 0.1) is 5.69 Å². The van der Waals surface area contributed by atoms with Gasteiger partial charge in [-0.25, -0.2) is 0 Å².